The van der Waals surface area contributed by atoms with Crippen LogP contribution in [0.25, 0.3) is 0 Å². The maximum atomic E-state index is 12.7. The SMILES string of the molecule is CCOC(=O)CCCCCCC1(C(=O)OCc2ccccc2)CCCC1=O. The Hall–Kier alpha value is -2.17. The second kappa shape index (κ2) is 10.9. The van der Waals surface area contributed by atoms with E-state index in [0.717, 1.165) is 37.7 Å². The molecule has 1 aromatic carbocycles. The molecule has 1 aliphatic rings. The van der Waals surface area contributed by atoms with Crippen LogP contribution < -0.4 is 0 Å². The van der Waals surface area contributed by atoms with Gasteiger partial charge in [-0.3, -0.25) is 14.4 Å². The van der Waals surface area contributed by atoms with Crippen molar-refractivity contribution in [2.45, 2.75) is 71.3 Å². The van der Waals surface area contributed by atoms with E-state index in [0.29, 0.717) is 32.3 Å². The molecule has 0 spiro atoms. The van der Waals surface area contributed by atoms with E-state index in [2.05, 4.69) is 0 Å². The molecule has 0 radical (unpaired) electrons. The molecule has 0 saturated heterocycles. The van der Waals surface area contributed by atoms with Crippen LogP contribution in [0.3, 0.4) is 0 Å². The Morgan fingerprint density at radius 2 is 1.78 bits per heavy atom. The summed E-state index contributed by atoms with van der Waals surface area (Å²) in [5.41, 5.74) is -0.0407. The second-order valence-corrected chi connectivity index (χ2v) is 7.14. The molecule has 2 rings (SSSR count). The van der Waals surface area contributed by atoms with Crippen LogP contribution >= 0.6 is 0 Å². The van der Waals surface area contributed by atoms with Gasteiger partial charge >= 0.3 is 11.9 Å². The first-order valence-corrected chi connectivity index (χ1v) is 9.98. The van der Waals surface area contributed by atoms with Crippen LogP contribution in [0, 0.1) is 5.41 Å². The lowest BCUT2D eigenvalue weighted by molar-refractivity contribution is -0.161. The van der Waals surface area contributed by atoms with Crippen LogP contribution in [-0.4, -0.2) is 24.3 Å². The van der Waals surface area contributed by atoms with Crippen LogP contribution in [0.1, 0.15) is 70.3 Å². The van der Waals surface area contributed by atoms with Gasteiger partial charge in [-0.15, -0.1) is 0 Å². The lowest BCUT2D eigenvalue weighted by Gasteiger charge is -2.25. The fourth-order valence-electron chi connectivity index (χ4n) is 3.66. The standard InChI is InChI=1S/C22H30O5/c1-2-26-20(24)14-8-3-4-9-15-22(16-10-13-19(22)23)21(25)27-17-18-11-6-5-7-12-18/h5-7,11-12H,2-4,8-10,13-17H2,1H3. The molecule has 5 heteroatoms. The van der Waals surface area contributed by atoms with Gasteiger partial charge in [0.25, 0.3) is 0 Å². The number of benzene rings is 1. The molecule has 1 unspecified atom stereocenters. The molecular weight excluding hydrogens is 344 g/mol. The first-order valence-electron chi connectivity index (χ1n) is 9.98. The summed E-state index contributed by atoms with van der Waals surface area (Å²) in [6, 6.07) is 9.51. The predicted octanol–water partition coefficient (Wildman–Crippen LogP) is 4.37. The minimum Gasteiger partial charge on any atom is -0.466 e. The van der Waals surface area contributed by atoms with Crippen LogP contribution in [0.4, 0.5) is 0 Å². The number of rotatable bonds is 11. The van der Waals surface area contributed by atoms with E-state index in [-0.39, 0.29) is 24.3 Å². The molecule has 0 bridgehead atoms. The van der Waals surface area contributed by atoms with Crippen LogP contribution in [0.15, 0.2) is 30.3 Å². The van der Waals surface area contributed by atoms with Crippen molar-refractivity contribution >= 4 is 17.7 Å². The Morgan fingerprint density at radius 3 is 2.44 bits per heavy atom. The van der Waals surface area contributed by atoms with E-state index in [9.17, 15) is 14.4 Å². The van der Waals surface area contributed by atoms with Crippen LogP contribution in [0.5, 0.6) is 0 Å². The van der Waals surface area contributed by atoms with E-state index in [1.54, 1.807) is 6.92 Å². The Kier molecular flexibility index (Phi) is 8.49. The van der Waals surface area contributed by atoms with Crippen molar-refractivity contribution in [3.05, 3.63) is 35.9 Å². The average Bonchev–Trinajstić information content (AvgIpc) is 3.05. The third-order valence-electron chi connectivity index (χ3n) is 5.18. The smallest absolute Gasteiger partial charge is 0.319 e. The quantitative estimate of drug-likeness (QED) is 0.327. The molecule has 5 nitrogen and oxygen atoms in total. The van der Waals surface area contributed by atoms with Crippen molar-refractivity contribution in [3.63, 3.8) is 0 Å². The zero-order valence-corrected chi connectivity index (χ0v) is 16.2. The van der Waals surface area contributed by atoms with Gasteiger partial charge in [0.15, 0.2) is 0 Å². The van der Waals surface area contributed by atoms with E-state index >= 15 is 0 Å². The number of hydrogen-bond acceptors (Lipinski definition) is 5. The third-order valence-corrected chi connectivity index (χ3v) is 5.18. The van der Waals surface area contributed by atoms with Crippen molar-refractivity contribution in [2.75, 3.05) is 6.61 Å². The molecule has 0 aromatic heterocycles. The predicted molar refractivity (Wildman–Crippen MR) is 102 cm³/mol. The molecular formula is C22H30O5. The summed E-state index contributed by atoms with van der Waals surface area (Å²) in [7, 11) is 0. The zero-order valence-electron chi connectivity index (χ0n) is 16.2. The number of esters is 2. The number of unbranched alkanes of at least 4 members (excludes halogenated alkanes) is 3. The number of ketones is 1. The monoisotopic (exact) mass is 374 g/mol. The maximum absolute atomic E-state index is 12.7. The number of hydrogen-bond donors (Lipinski definition) is 0. The van der Waals surface area contributed by atoms with E-state index in [1.807, 2.05) is 30.3 Å². The van der Waals surface area contributed by atoms with Crippen LogP contribution in [0.2, 0.25) is 0 Å². The molecule has 148 valence electrons. The summed E-state index contributed by atoms with van der Waals surface area (Å²) in [6.07, 6.45) is 6.11. The summed E-state index contributed by atoms with van der Waals surface area (Å²) in [5.74, 6) is -0.517. The van der Waals surface area contributed by atoms with Gasteiger partial charge in [-0.25, -0.2) is 0 Å². The minimum atomic E-state index is -0.962. The highest BCUT2D eigenvalue weighted by atomic mass is 16.5. The molecule has 0 aliphatic heterocycles. The summed E-state index contributed by atoms with van der Waals surface area (Å²) in [5, 5.41) is 0. The summed E-state index contributed by atoms with van der Waals surface area (Å²) in [6.45, 7) is 2.41. The lowest BCUT2D eigenvalue weighted by Crippen LogP contribution is -2.36. The Bertz CT molecular complexity index is 625. The van der Waals surface area contributed by atoms with Gasteiger partial charge < -0.3 is 9.47 Å². The first kappa shape index (κ1) is 21.1. The minimum absolute atomic E-state index is 0.0204. The Balaban J connectivity index is 1.79. The van der Waals surface area contributed by atoms with E-state index in [4.69, 9.17) is 9.47 Å². The third kappa shape index (κ3) is 6.19. The normalized spacial score (nSPS) is 19.1. The van der Waals surface area contributed by atoms with Crippen molar-refractivity contribution in [2.24, 2.45) is 5.41 Å². The second-order valence-electron chi connectivity index (χ2n) is 7.14. The van der Waals surface area contributed by atoms with Crippen LogP contribution in [-0.2, 0) is 30.5 Å². The van der Waals surface area contributed by atoms with Gasteiger partial charge in [-0.2, -0.15) is 0 Å². The molecule has 1 atom stereocenters. The average molecular weight is 374 g/mol. The fraction of sp³-hybridized carbons (Fsp3) is 0.591. The molecule has 0 amide bonds. The van der Waals surface area contributed by atoms with Gasteiger partial charge in [0.1, 0.15) is 17.8 Å². The molecule has 0 N–H and O–H groups in total. The topological polar surface area (TPSA) is 69.7 Å². The van der Waals surface area contributed by atoms with Crippen molar-refractivity contribution in [1.82, 2.24) is 0 Å². The summed E-state index contributed by atoms with van der Waals surface area (Å²) in [4.78, 5) is 36.5. The highest BCUT2D eigenvalue weighted by Crippen LogP contribution is 2.41. The summed E-state index contributed by atoms with van der Waals surface area (Å²) >= 11 is 0. The highest BCUT2D eigenvalue weighted by molar-refractivity contribution is 6.05. The zero-order chi connectivity index (χ0) is 19.5. The molecule has 1 saturated carbocycles. The summed E-state index contributed by atoms with van der Waals surface area (Å²) < 4.78 is 10.4. The van der Waals surface area contributed by atoms with Gasteiger partial charge in [0, 0.05) is 12.8 Å². The van der Waals surface area contributed by atoms with Gasteiger partial charge in [-0.1, -0.05) is 49.6 Å². The lowest BCUT2D eigenvalue weighted by atomic mass is 9.80. The Labute approximate surface area is 161 Å². The van der Waals surface area contributed by atoms with E-state index in [1.165, 1.54) is 0 Å². The molecule has 1 aromatic rings. The van der Waals surface area contributed by atoms with Crippen molar-refractivity contribution < 1.29 is 23.9 Å². The number of Topliss-reactive ketones (excluding diaryl/α,β-unsaturated/α-hetero) is 1. The van der Waals surface area contributed by atoms with Crippen molar-refractivity contribution in [1.29, 1.82) is 0 Å². The molecule has 0 heterocycles. The Morgan fingerprint density at radius 1 is 1.04 bits per heavy atom. The highest BCUT2D eigenvalue weighted by Gasteiger charge is 2.49. The largest absolute Gasteiger partial charge is 0.466 e. The van der Waals surface area contributed by atoms with E-state index < -0.39 is 5.41 Å². The van der Waals surface area contributed by atoms with Gasteiger partial charge in [0.05, 0.1) is 6.61 Å². The molecule has 27 heavy (non-hydrogen) atoms. The maximum Gasteiger partial charge on any atom is 0.319 e. The van der Waals surface area contributed by atoms with Gasteiger partial charge in [-0.05, 0) is 38.2 Å². The first-order chi connectivity index (χ1) is 13.1. The molecule has 1 aliphatic carbocycles. The van der Waals surface area contributed by atoms with Gasteiger partial charge in [0.2, 0.25) is 0 Å². The molecule has 1 fully saturated rings. The van der Waals surface area contributed by atoms with Crippen molar-refractivity contribution in [3.8, 4) is 0 Å². The number of carbonyl (C=O) groups is 3. The fourth-order valence-corrected chi connectivity index (χ4v) is 3.66. The number of ether oxygens (including phenoxy) is 2. The number of carbonyl (C=O) groups excluding carboxylic acids is 3.